The molecule has 0 atom stereocenters. The molecule has 2 aromatic rings. The second kappa shape index (κ2) is 6.19. The molecule has 0 unspecified atom stereocenters. The van der Waals surface area contributed by atoms with Gasteiger partial charge in [-0.1, -0.05) is 12.1 Å². The summed E-state index contributed by atoms with van der Waals surface area (Å²) in [5.74, 6) is -1.64. The van der Waals surface area contributed by atoms with E-state index in [9.17, 15) is 17.2 Å². The minimum atomic E-state index is -3.90. The summed E-state index contributed by atoms with van der Waals surface area (Å²) in [4.78, 5) is -0.324. The zero-order chi connectivity index (χ0) is 15.5. The first-order chi connectivity index (χ1) is 9.92. The molecule has 0 bridgehead atoms. The van der Waals surface area contributed by atoms with Crippen LogP contribution >= 0.6 is 0 Å². The fraction of sp³-hybridized carbons (Fsp3) is 0.143. The van der Waals surface area contributed by atoms with Crippen LogP contribution < -0.4 is 9.46 Å². The lowest BCUT2D eigenvalue weighted by Crippen LogP contribution is -2.23. The Morgan fingerprint density at radius 1 is 1.05 bits per heavy atom. The third-order valence-corrected chi connectivity index (χ3v) is 4.23. The van der Waals surface area contributed by atoms with Crippen LogP contribution in [0.15, 0.2) is 47.4 Å². The summed E-state index contributed by atoms with van der Waals surface area (Å²) in [6, 6.07) is 9.22. The lowest BCUT2D eigenvalue weighted by Gasteiger charge is -2.08. The fourth-order valence-electron chi connectivity index (χ4n) is 1.65. The molecule has 0 saturated heterocycles. The van der Waals surface area contributed by atoms with Crippen LogP contribution in [0, 0.1) is 11.6 Å². The molecule has 0 radical (unpaired) electrons. The van der Waals surface area contributed by atoms with Gasteiger partial charge in [0, 0.05) is 6.54 Å². The zero-order valence-electron chi connectivity index (χ0n) is 11.1. The molecular weight excluding hydrogens is 300 g/mol. The molecule has 21 heavy (non-hydrogen) atoms. The van der Waals surface area contributed by atoms with Crippen molar-refractivity contribution < 1.29 is 21.9 Å². The predicted octanol–water partition coefficient (Wildman–Crippen LogP) is 2.45. The molecule has 0 aliphatic rings. The SMILES string of the molecule is COc1ccc(CNS(=O)(=O)c2ccc(F)c(F)c2)cc1. The number of benzene rings is 2. The first-order valence-corrected chi connectivity index (χ1v) is 7.48. The van der Waals surface area contributed by atoms with Crippen molar-refractivity contribution in [3.8, 4) is 5.75 Å². The van der Waals surface area contributed by atoms with Gasteiger partial charge in [-0.25, -0.2) is 21.9 Å². The van der Waals surface area contributed by atoms with E-state index in [2.05, 4.69) is 4.72 Å². The van der Waals surface area contributed by atoms with Gasteiger partial charge in [-0.2, -0.15) is 0 Å². The number of ether oxygens (including phenoxy) is 1. The zero-order valence-corrected chi connectivity index (χ0v) is 12.0. The van der Waals surface area contributed by atoms with Crippen LogP contribution in [0.25, 0.3) is 0 Å². The highest BCUT2D eigenvalue weighted by Gasteiger charge is 2.16. The maximum atomic E-state index is 13.1. The van der Waals surface area contributed by atoms with Gasteiger partial charge >= 0.3 is 0 Å². The van der Waals surface area contributed by atoms with Gasteiger partial charge in [0.25, 0.3) is 0 Å². The molecule has 0 aromatic heterocycles. The van der Waals surface area contributed by atoms with E-state index >= 15 is 0 Å². The average Bonchev–Trinajstić information content (AvgIpc) is 2.48. The Kier molecular flexibility index (Phi) is 4.54. The Morgan fingerprint density at radius 3 is 2.29 bits per heavy atom. The second-order valence-electron chi connectivity index (χ2n) is 4.25. The quantitative estimate of drug-likeness (QED) is 0.922. The molecule has 0 aliphatic heterocycles. The van der Waals surface area contributed by atoms with Gasteiger partial charge in [0.1, 0.15) is 5.75 Å². The molecule has 1 N–H and O–H groups in total. The third kappa shape index (κ3) is 3.77. The van der Waals surface area contributed by atoms with E-state index < -0.39 is 21.7 Å². The molecule has 0 saturated carbocycles. The molecule has 7 heteroatoms. The van der Waals surface area contributed by atoms with E-state index in [1.807, 2.05) is 0 Å². The van der Waals surface area contributed by atoms with E-state index in [0.29, 0.717) is 17.4 Å². The molecule has 0 heterocycles. The molecule has 0 aliphatic carbocycles. The van der Waals surface area contributed by atoms with E-state index in [-0.39, 0.29) is 11.4 Å². The number of hydrogen-bond acceptors (Lipinski definition) is 3. The number of methoxy groups -OCH3 is 1. The summed E-state index contributed by atoms with van der Waals surface area (Å²) in [5.41, 5.74) is 0.710. The van der Waals surface area contributed by atoms with Crippen molar-refractivity contribution in [2.24, 2.45) is 0 Å². The molecule has 0 amide bonds. The lowest BCUT2D eigenvalue weighted by molar-refractivity contribution is 0.414. The molecule has 2 aromatic carbocycles. The molecule has 112 valence electrons. The maximum absolute atomic E-state index is 13.1. The Hall–Kier alpha value is -1.99. The van der Waals surface area contributed by atoms with Gasteiger partial charge in [0.2, 0.25) is 10.0 Å². The van der Waals surface area contributed by atoms with Gasteiger partial charge in [0.15, 0.2) is 11.6 Å². The van der Waals surface area contributed by atoms with E-state index in [1.54, 1.807) is 24.3 Å². The highest BCUT2D eigenvalue weighted by atomic mass is 32.2. The van der Waals surface area contributed by atoms with Crippen molar-refractivity contribution in [3.63, 3.8) is 0 Å². The van der Waals surface area contributed by atoms with Crippen molar-refractivity contribution >= 4 is 10.0 Å². The van der Waals surface area contributed by atoms with Crippen molar-refractivity contribution in [2.45, 2.75) is 11.4 Å². The summed E-state index contributed by atoms with van der Waals surface area (Å²) >= 11 is 0. The maximum Gasteiger partial charge on any atom is 0.240 e. The van der Waals surface area contributed by atoms with Crippen molar-refractivity contribution in [1.82, 2.24) is 4.72 Å². The lowest BCUT2D eigenvalue weighted by atomic mass is 10.2. The number of hydrogen-bond donors (Lipinski definition) is 1. The van der Waals surface area contributed by atoms with Crippen molar-refractivity contribution in [3.05, 3.63) is 59.7 Å². The summed E-state index contributed by atoms with van der Waals surface area (Å²) in [6.07, 6.45) is 0. The van der Waals surface area contributed by atoms with Gasteiger partial charge in [0.05, 0.1) is 12.0 Å². The third-order valence-electron chi connectivity index (χ3n) is 2.83. The normalized spacial score (nSPS) is 11.4. The first-order valence-electron chi connectivity index (χ1n) is 6.00. The Balaban J connectivity index is 2.11. The molecular formula is C14H13F2NO3S. The van der Waals surface area contributed by atoms with Crippen molar-refractivity contribution in [1.29, 1.82) is 0 Å². The Bertz CT molecular complexity index is 730. The second-order valence-corrected chi connectivity index (χ2v) is 6.02. The Labute approximate surface area is 121 Å². The predicted molar refractivity (Wildman–Crippen MR) is 73.4 cm³/mol. The minimum absolute atomic E-state index is 0.0331. The van der Waals surface area contributed by atoms with Crippen LogP contribution in [0.5, 0.6) is 5.75 Å². The van der Waals surface area contributed by atoms with Crippen LogP contribution in [0.4, 0.5) is 8.78 Å². The topological polar surface area (TPSA) is 55.4 Å². The van der Waals surface area contributed by atoms with Crippen molar-refractivity contribution in [2.75, 3.05) is 7.11 Å². The largest absolute Gasteiger partial charge is 0.497 e. The van der Waals surface area contributed by atoms with Crippen LogP contribution in [-0.2, 0) is 16.6 Å². The average molecular weight is 313 g/mol. The van der Waals surface area contributed by atoms with Gasteiger partial charge in [-0.05, 0) is 35.9 Å². The molecule has 0 fully saturated rings. The number of nitrogens with one attached hydrogen (secondary N) is 1. The summed E-state index contributed by atoms with van der Waals surface area (Å²) in [5, 5.41) is 0. The molecule has 4 nitrogen and oxygen atoms in total. The summed E-state index contributed by atoms with van der Waals surface area (Å²) in [6.45, 7) is 0.0331. The van der Waals surface area contributed by atoms with E-state index in [4.69, 9.17) is 4.74 Å². The number of rotatable bonds is 5. The van der Waals surface area contributed by atoms with Crippen LogP contribution in [0.1, 0.15) is 5.56 Å². The van der Waals surface area contributed by atoms with Crippen LogP contribution in [0.2, 0.25) is 0 Å². The van der Waals surface area contributed by atoms with Gasteiger partial charge in [-0.3, -0.25) is 0 Å². The Morgan fingerprint density at radius 2 is 1.71 bits per heavy atom. The fourth-order valence-corrected chi connectivity index (χ4v) is 2.68. The van der Waals surface area contributed by atoms with Crippen LogP contribution in [0.3, 0.4) is 0 Å². The summed E-state index contributed by atoms with van der Waals surface area (Å²) < 4.78 is 57.1. The van der Waals surface area contributed by atoms with E-state index in [0.717, 1.165) is 12.1 Å². The summed E-state index contributed by atoms with van der Waals surface area (Å²) in [7, 11) is -2.37. The van der Waals surface area contributed by atoms with E-state index in [1.165, 1.54) is 7.11 Å². The molecule has 2 rings (SSSR count). The first kappa shape index (κ1) is 15.4. The standard InChI is InChI=1S/C14H13F2NO3S/c1-20-11-4-2-10(3-5-11)9-17-21(18,19)12-6-7-13(15)14(16)8-12/h2-8,17H,9H2,1H3. The van der Waals surface area contributed by atoms with Crippen LogP contribution in [-0.4, -0.2) is 15.5 Å². The number of halogens is 2. The highest BCUT2D eigenvalue weighted by Crippen LogP contribution is 2.15. The highest BCUT2D eigenvalue weighted by molar-refractivity contribution is 7.89. The monoisotopic (exact) mass is 313 g/mol. The minimum Gasteiger partial charge on any atom is -0.497 e. The smallest absolute Gasteiger partial charge is 0.240 e. The van der Waals surface area contributed by atoms with Gasteiger partial charge in [-0.15, -0.1) is 0 Å². The molecule has 0 spiro atoms. The van der Waals surface area contributed by atoms with Gasteiger partial charge < -0.3 is 4.74 Å². The number of sulfonamides is 1.